The maximum absolute atomic E-state index is 2.57. The lowest BCUT2D eigenvalue weighted by atomic mass is 9.86. The fraction of sp³-hybridized carbons (Fsp3) is 0. The van der Waals surface area contributed by atoms with E-state index in [2.05, 4.69) is 168 Å². The molecule has 0 N–H and O–H groups in total. The summed E-state index contributed by atoms with van der Waals surface area (Å²) in [6, 6.07) is 61.3. The topological polar surface area (TPSA) is 4.93 Å². The van der Waals surface area contributed by atoms with Gasteiger partial charge < -0.3 is 4.57 Å². The first-order valence-corrected chi connectivity index (χ1v) is 17.1. The van der Waals surface area contributed by atoms with Gasteiger partial charge in [0.05, 0.1) is 16.7 Å². The van der Waals surface area contributed by atoms with Gasteiger partial charge in [-0.05, 0) is 94.6 Å². The van der Waals surface area contributed by atoms with Crippen LogP contribution < -0.4 is 0 Å². The quantitative estimate of drug-likeness (QED) is 0.170. The highest BCUT2D eigenvalue weighted by molar-refractivity contribution is 6.39. The van der Waals surface area contributed by atoms with Crippen LogP contribution in [-0.4, -0.2) is 4.57 Å². The van der Waals surface area contributed by atoms with Crippen molar-refractivity contribution < 1.29 is 0 Å². The van der Waals surface area contributed by atoms with E-state index in [1.165, 1.54) is 114 Å². The molecule has 0 radical (unpaired) electrons. The minimum absolute atomic E-state index is 1.22. The Morgan fingerprint density at radius 1 is 0.306 bits per heavy atom. The maximum atomic E-state index is 2.57. The Kier molecular flexibility index (Phi) is 4.77. The van der Waals surface area contributed by atoms with Gasteiger partial charge in [-0.1, -0.05) is 140 Å². The van der Waals surface area contributed by atoms with Crippen molar-refractivity contribution in [2.24, 2.45) is 0 Å². The Balaban J connectivity index is 1.29. The number of aromatic nitrogens is 1. The molecule has 1 nitrogen and oxygen atoms in total. The monoisotopic (exact) mass is 617 g/mol. The Bertz CT molecular complexity index is 3310. The predicted molar refractivity (Wildman–Crippen MR) is 211 cm³/mol. The zero-order chi connectivity index (χ0) is 31.8. The highest BCUT2D eigenvalue weighted by Gasteiger charge is 2.23. The van der Waals surface area contributed by atoms with Crippen molar-refractivity contribution >= 4 is 97.2 Å². The zero-order valence-electron chi connectivity index (χ0n) is 26.5. The van der Waals surface area contributed by atoms with Crippen molar-refractivity contribution in [3.63, 3.8) is 0 Å². The largest absolute Gasteiger partial charge is 0.308 e. The van der Waals surface area contributed by atoms with E-state index in [4.69, 9.17) is 0 Å². The summed E-state index contributed by atoms with van der Waals surface area (Å²) >= 11 is 0. The van der Waals surface area contributed by atoms with Crippen LogP contribution in [0.1, 0.15) is 0 Å². The van der Waals surface area contributed by atoms with Gasteiger partial charge in [-0.15, -0.1) is 0 Å². The molecule has 0 aliphatic heterocycles. The van der Waals surface area contributed by atoms with Gasteiger partial charge in [-0.2, -0.15) is 0 Å². The number of hydrogen-bond acceptors (Lipinski definition) is 0. The fourth-order valence-electron chi connectivity index (χ4n) is 9.18. The Morgan fingerprint density at radius 3 is 1.84 bits per heavy atom. The second kappa shape index (κ2) is 9.13. The Hall–Kier alpha value is -6.44. The molecule has 49 heavy (non-hydrogen) atoms. The molecule has 0 atom stereocenters. The Morgan fingerprint density at radius 2 is 0.918 bits per heavy atom. The molecule has 1 aromatic heterocycles. The summed E-state index contributed by atoms with van der Waals surface area (Å²) in [7, 11) is 0. The van der Waals surface area contributed by atoms with E-state index < -0.39 is 0 Å². The van der Waals surface area contributed by atoms with Crippen LogP contribution >= 0.6 is 0 Å². The number of hydrogen-bond donors (Lipinski definition) is 0. The van der Waals surface area contributed by atoms with Crippen LogP contribution in [0.5, 0.6) is 0 Å². The van der Waals surface area contributed by atoms with Crippen molar-refractivity contribution in [3.8, 4) is 16.8 Å². The van der Waals surface area contributed by atoms with Crippen LogP contribution in [-0.2, 0) is 0 Å². The third kappa shape index (κ3) is 3.25. The normalized spacial score (nSPS) is 12.5. The van der Waals surface area contributed by atoms with Crippen molar-refractivity contribution in [2.75, 3.05) is 0 Å². The van der Waals surface area contributed by atoms with Gasteiger partial charge in [0.1, 0.15) is 0 Å². The molecule has 0 bridgehead atoms. The molecule has 0 spiro atoms. The summed E-state index contributed by atoms with van der Waals surface area (Å²) in [5.74, 6) is 0. The number of fused-ring (bicyclic) bond motifs is 6. The van der Waals surface area contributed by atoms with E-state index in [0.29, 0.717) is 0 Å². The number of rotatable bonds is 2. The highest BCUT2D eigenvalue weighted by Crippen LogP contribution is 2.49. The Labute approximate surface area is 281 Å². The highest BCUT2D eigenvalue weighted by atomic mass is 15.0. The minimum atomic E-state index is 1.22. The zero-order valence-corrected chi connectivity index (χ0v) is 26.5. The number of benzene rings is 11. The molecule has 0 saturated carbocycles. The molecule has 12 aromatic rings. The van der Waals surface area contributed by atoms with Crippen molar-refractivity contribution in [3.05, 3.63) is 164 Å². The van der Waals surface area contributed by atoms with Gasteiger partial charge in [0, 0.05) is 26.9 Å². The van der Waals surface area contributed by atoms with Crippen molar-refractivity contribution in [2.45, 2.75) is 0 Å². The molecule has 0 aliphatic carbocycles. The molecule has 11 aromatic carbocycles. The average molecular weight is 618 g/mol. The van der Waals surface area contributed by atoms with Gasteiger partial charge in [0.2, 0.25) is 0 Å². The second-order valence-electron chi connectivity index (χ2n) is 13.6. The van der Waals surface area contributed by atoms with E-state index in [9.17, 15) is 0 Å². The maximum Gasteiger partial charge on any atom is 0.0626 e. The van der Waals surface area contributed by atoms with E-state index in [1.54, 1.807) is 0 Å². The molecular formula is C48H27N. The molecule has 1 heterocycles. The van der Waals surface area contributed by atoms with Crippen LogP contribution in [0.4, 0.5) is 0 Å². The first-order chi connectivity index (χ1) is 24.3. The standard InChI is InChI=1S/C48H27N/c1-2-9-32-26-33(21-18-28(32)8-1)40-27-34-12-6-15-38-45(34)46-35(40)14-7-16-39(46)48-47(38)36-13-3-4-17-41(36)49(48)42-25-23-31-20-19-29-10-5-11-30-22-24-37(42)44(31)43(29)30/h1-27H. The lowest BCUT2D eigenvalue weighted by Gasteiger charge is -2.19. The molecule has 1 heteroatoms. The first-order valence-electron chi connectivity index (χ1n) is 17.1. The third-order valence-electron chi connectivity index (χ3n) is 11.2. The van der Waals surface area contributed by atoms with Gasteiger partial charge in [-0.3, -0.25) is 0 Å². The van der Waals surface area contributed by atoms with E-state index >= 15 is 0 Å². The summed E-state index contributed by atoms with van der Waals surface area (Å²) in [5, 5.41) is 20.9. The molecule has 12 rings (SSSR count). The van der Waals surface area contributed by atoms with Crippen LogP contribution in [0.15, 0.2) is 164 Å². The SMILES string of the molecule is c1ccc2cc(-c3cc4cccc5c4c4c3cccc4c3c5c4ccccc4n3-c3ccc4ccc5cccc6ccc3c4c56)ccc2c1. The summed E-state index contributed by atoms with van der Waals surface area (Å²) < 4.78 is 2.57. The van der Waals surface area contributed by atoms with E-state index in [0.717, 1.165) is 0 Å². The van der Waals surface area contributed by atoms with Crippen molar-refractivity contribution in [1.82, 2.24) is 4.57 Å². The lowest BCUT2D eigenvalue weighted by molar-refractivity contribution is 1.21. The smallest absolute Gasteiger partial charge is 0.0626 e. The van der Waals surface area contributed by atoms with E-state index in [1.807, 2.05) is 0 Å². The molecule has 0 fully saturated rings. The van der Waals surface area contributed by atoms with Gasteiger partial charge in [0.15, 0.2) is 0 Å². The summed E-state index contributed by atoms with van der Waals surface area (Å²) in [6.07, 6.45) is 0. The first kappa shape index (κ1) is 25.6. The minimum Gasteiger partial charge on any atom is -0.308 e. The van der Waals surface area contributed by atoms with Crippen LogP contribution in [0, 0.1) is 0 Å². The van der Waals surface area contributed by atoms with Crippen LogP contribution in [0.3, 0.4) is 0 Å². The van der Waals surface area contributed by atoms with Crippen molar-refractivity contribution in [1.29, 1.82) is 0 Å². The molecule has 0 saturated heterocycles. The predicted octanol–water partition coefficient (Wildman–Crippen LogP) is 13.4. The summed E-state index contributed by atoms with van der Waals surface area (Å²) in [5.41, 5.74) is 6.26. The average Bonchev–Trinajstić information content (AvgIpc) is 3.51. The van der Waals surface area contributed by atoms with Gasteiger partial charge >= 0.3 is 0 Å². The second-order valence-corrected chi connectivity index (χ2v) is 13.6. The lowest BCUT2D eigenvalue weighted by Crippen LogP contribution is -1.98. The molecular weight excluding hydrogens is 591 g/mol. The van der Waals surface area contributed by atoms with Crippen LogP contribution in [0.2, 0.25) is 0 Å². The van der Waals surface area contributed by atoms with E-state index in [-0.39, 0.29) is 0 Å². The summed E-state index contributed by atoms with van der Waals surface area (Å²) in [4.78, 5) is 0. The van der Waals surface area contributed by atoms with Gasteiger partial charge in [0.25, 0.3) is 0 Å². The summed E-state index contributed by atoms with van der Waals surface area (Å²) in [6.45, 7) is 0. The molecule has 224 valence electrons. The van der Waals surface area contributed by atoms with Gasteiger partial charge in [-0.25, -0.2) is 0 Å². The number of para-hydroxylation sites is 1. The number of nitrogens with zero attached hydrogens (tertiary/aromatic N) is 1. The van der Waals surface area contributed by atoms with Crippen LogP contribution in [0.25, 0.3) is 114 Å². The molecule has 0 amide bonds. The molecule has 0 unspecified atom stereocenters. The molecule has 0 aliphatic rings. The third-order valence-corrected chi connectivity index (χ3v) is 11.2. The fourth-order valence-corrected chi connectivity index (χ4v) is 9.18.